The van der Waals surface area contributed by atoms with E-state index in [4.69, 9.17) is 5.11 Å². The number of rotatable bonds is 5. The lowest BCUT2D eigenvalue weighted by molar-refractivity contribution is -0.141. The van der Waals surface area contributed by atoms with Crippen LogP contribution in [0.2, 0.25) is 0 Å². The van der Waals surface area contributed by atoms with Gasteiger partial charge in [0.1, 0.15) is 5.69 Å². The van der Waals surface area contributed by atoms with Crippen molar-refractivity contribution in [2.24, 2.45) is 13.0 Å². The highest BCUT2D eigenvalue weighted by Crippen LogP contribution is 2.04. The van der Waals surface area contributed by atoms with Crippen LogP contribution in [0.4, 0.5) is 0 Å². The molecule has 0 aromatic carbocycles. The maximum atomic E-state index is 11.8. The largest absolute Gasteiger partial charge is 0.503 e. The molecule has 0 aliphatic carbocycles. The molecule has 19 heavy (non-hydrogen) atoms. The topological polar surface area (TPSA) is 109 Å². The molecule has 0 aliphatic rings. The van der Waals surface area contributed by atoms with Gasteiger partial charge in [0.15, 0.2) is 5.75 Å². The molecule has 1 heterocycles. The number of amides is 1. The summed E-state index contributed by atoms with van der Waals surface area (Å²) in [7, 11) is 1.52. The van der Waals surface area contributed by atoms with E-state index in [9.17, 15) is 19.5 Å². The van der Waals surface area contributed by atoms with Crippen molar-refractivity contribution in [1.82, 2.24) is 9.88 Å². The van der Waals surface area contributed by atoms with E-state index in [-0.39, 0.29) is 12.2 Å². The Bertz CT molecular complexity index is 550. The highest BCUT2D eigenvalue weighted by Gasteiger charge is 2.13. The zero-order valence-corrected chi connectivity index (χ0v) is 10.7. The first kappa shape index (κ1) is 14.7. The lowest BCUT2D eigenvalue weighted by Gasteiger charge is -2.10. The molecule has 7 heteroatoms. The Morgan fingerprint density at radius 2 is 2.11 bits per heavy atom. The van der Waals surface area contributed by atoms with Gasteiger partial charge in [0.2, 0.25) is 5.43 Å². The number of hydrogen-bond donors (Lipinski definition) is 3. The van der Waals surface area contributed by atoms with E-state index in [0.29, 0.717) is 6.42 Å². The Labute approximate surface area is 109 Å². The van der Waals surface area contributed by atoms with E-state index in [2.05, 4.69) is 5.32 Å². The van der Waals surface area contributed by atoms with Gasteiger partial charge in [0.25, 0.3) is 5.91 Å². The quantitative estimate of drug-likeness (QED) is 0.692. The van der Waals surface area contributed by atoms with Crippen molar-refractivity contribution in [3.05, 3.63) is 28.2 Å². The summed E-state index contributed by atoms with van der Waals surface area (Å²) in [6, 6.07) is 1.03. The maximum absolute atomic E-state index is 11.8. The molecule has 0 bridgehead atoms. The zero-order valence-electron chi connectivity index (χ0n) is 10.7. The first-order valence-corrected chi connectivity index (χ1v) is 5.73. The minimum Gasteiger partial charge on any atom is -0.503 e. The van der Waals surface area contributed by atoms with Gasteiger partial charge in [-0.15, -0.1) is 0 Å². The normalized spacial score (nSPS) is 11.9. The SMILES string of the molecule is C[C@H](CCNC(=O)c1cc(=O)c(O)cn1C)C(=O)O. The van der Waals surface area contributed by atoms with Crippen LogP contribution in [0.15, 0.2) is 17.1 Å². The third kappa shape index (κ3) is 3.84. The van der Waals surface area contributed by atoms with Gasteiger partial charge in [0.05, 0.1) is 12.1 Å². The zero-order chi connectivity index (χ0) is 14.6. The number of aromatic hydroxyl groups is 1. The minimum absolute atomic E-state index is 0.103. The van der Waals surface area contributed by atoms with Crippen LogP contribution in [0.3, 0.4) is 0 Å². The summed E-state index contributed by atoms with van der Waals surface area (Å²) in [6.07, 6.45) is 1.45. The lowest BCUT2D eigenvalue weighted by Crippen LogP contribution is -2.30. The number of hydrogen-bond acceptors (Lipinski definition) is 4. The van der Waals surface area contributed by atoms with Gasteiger partial charge in [-0.2, -0.15) is 0 Å². The maximum Gasteiger partial charge on any atom is 0.306 e. The van der Waals surface area contributed by atoms with E-state index < -0.39 is 29.0 Å². The highest BCUT2D eigenvalue weighted by molar-refractivity contribution is 5.92. The fourth-order valence-electron chi connectivity index (χ4n) is 1.46. The number of nitrogens with zero attached hydrogens (tertiary/aromatic N) is 1. The van der Waals surface area contributed by atoms with Gasteiger partial charge >= 0.3 is 5.97 Å². The Kier molecular flexibility index (Phi) is 4.68. The Morgan fingerprint density at radius 1 is 1.47 bits per heavy atom. The van der Waals surface area contributed by atoms with E-state index in [1.807, 2.05) is 0 Å². The van der Waals surface area contributed by atoms with Crippen molar-refractivity contribution in [3.8, 4) is 5.75 Å². The predicted octanol–water partition coefficient (Wildman–Crippen LogP) is -0.0685. The lowest BCUT2D eigenvalue weighted by atomic mass is 10.1. The van der Waals surface area contributed by atoms with Gasteiger partial charge in [-0.05, 0) is 6.42 Å². The van der Waals surface area contributed by atoms with Crippen molar-refractivity contribution in [2.45, 2.75) is 13.3 Å². The second-order valence-corrected chi connectivity index (χ2v) is 4.30. The van der Waals surface area contributed by atoms with E-state index >= 15 is 0 Å². The summed E-state index contributed by atoms with van der Waals surface area (Å²) in [5.41, 5.74) is -0.534. The summed E-state index contributed by atoms with van der Waals surface area (Å²) in [4.78, 5) is 33.6. The number of aliphatic carboxylic acids is 1. The predicted molar refractivity (Wildman–Crippen MR) is 67.1 cm³/mol. The molecule has 1 rings (SSSR count). The highest BCUT2D eigenvalue weighted by atomic mass is 16.4. The second-order valence-electron chi connectivity index (χ2n) is 4.30. The Balaban J connectivity index is 2.67. The molecule has 1 amide bonds. The molecular weight excluding hydrogens is 252 g/mol. The molecule has 7 nitrogen and oxygen atoms in total. The molecule has 1 atom stereocenters. The van der Waals surface area contributed by atoms with Crippen LogP contribution in [0.1, 0.15) is 23.8 Å². The third-order valence-electron chi connectivity index (χ3n) is 2.73. The van der Waals surface area contributed by atoms with Gasteiger partial charge in [-0.1, -0.05) is 6.92 Å². The van der Waals surface area contributed by atoms with Crippen LogP contribution in [0.5, 0.6) is 5.75 Å². The smallest absolute Gasteiger partial charge is 0.306 e. The van der Waals surface area contributed by atoms with Crippen LogP contribution >= 0.6 is 0 Å². The van der Waals surface area contributed by atoms with Crippen molar-refractivity contribution < 1.29 is 19.8 Å². The summed E-state index contributed by atoms with van der Waals surface area (Å²) in [5, 5.41) is 20.4. The summed E-state index contributed by atoms with van der Waals surface area (Å²) < 4.78 is 1.33. The fourth-order valence-corrected chi connectivity index (χ4v) is 1.46. The van der Waals surface area contributed by atoms with Crippen molar-refractivity contribution >= 4 is 11.9 Å². The van der Waals surface area contributed by atoms with Gasteiger partial charge in [-0.3, -0.25) is 14.4 Å². The minimum atomic E-state index is -0.925. The molecule has 0 unspecified atom stereocenters. The number of aromatic nitrogens is 1. The summed E-state index contributed by atoms with van der Waals surface area (Å²) in [5.74, 6) is -2.40. The van der Waals surface area contributed by atoms with Crippen LogP contribution in [-0.4, -0.2) is 33.2 Å². The molecule has 0 saturated carbocycles. The van der Waals surface area contributed by atoms with Crippen molar-refractivity contribution in [1.29, 1.82) is 0 Å². The number of pyridine rings is 1. The number of carbonyl (C=O) groups excluding carboxylic acids is 1. The molecule has 0 saturated heterocycles. The summed E-state index contributed by atoms with van der Waals surface area (Å²) in [6.45, 7) is 1.74. The fraction of sp³-hybridized carbons (Fsp3) is 0.417. The van der Waals surface area contributed by atoms with Crippen LogP contribution in [0, 0.1) is 5.92 Å². The molecule has 104 valence electrons. The molecule has 1 aromatic heterocycles. The van der Waals surface area contributed by atoms with Gasteiger partial charge < -0.3 is 20.1 Å². The average molecular weight is 268 g/mol. The molecule has 0 spiro atoms. The second kappa shape index (κ2) is 6.03. The average Bonchev–Trinajstić information content (AvgIpc) is 2.33. The Hall–Kier alpha value is -2.31. The van der Waals surface area contributed by atoms with Crippen molar-refractivity contribution in [3.63, 3.8) is 0 Å². The molecule has 0 radical (unpaired) electrons. The van der Waals surface area contributed by atoms with E-state index in [0.717, 1.165) is 12.3 Å². The number of carbonyl (C=O) groups is 2. The first-order chi connectivity index (χ1) is 8.82. The molecule has 3 N–H and O–H groups in total. The van der Waals surface area contributed by atoms with E-state index in [1.165, 1.54) is 11.6 Å². The number of nitrogens with one attached hydrogen (secondary N) is 1. The standard InChI is InChI=1S/C12H16N2O5/c1-7(12(18)19)3-4-13-11(17)8-5-9(15)10(16)6-14(8)2/h5-7,16H,3-4H2,1-2H3,(H,13,17)(H,18,19)/t7-/m1/s1. The number of carboxylic acid groups (broad SMARTS) is 1. The van der Waals surface area contributed by atoms with E-state index in [1.54, 1.807) is 6.92 Å². The van der Waals surface area contributed by atoms with Crippen molar-refractivity contribution in [2.75, 3.05) is 6.54 Å². The first-order valence-electron chi connectivity index (χ1n) is 5.73. The van der Waals surface area contributed by atoms with Crippen LogP contribution in [-0.2, 0) is 11.8 Å². The molecule has 1 aromatic rings. The number of carboxylic acids is 1. The van der Waals surface area contributed by atoms with Gasteiger partial charge in [0, 0.05) is 19.7 Å². The van der Waals surface area contributed by atoms with Crippen LogP contribution in [0.25, 0.3) is 0 Å². The molecule has 0 aliphatic heterocycles. The van der Waals surface area contributed by atoms with Gasteiger partial charge in [-0.25, -0.2) is 0 Å². The monoisotopic (exact) mass is 268 g/mol. The third-order valence-corrected chi connectivity index (χ3v) is 2.73. The summed E-state index contributed by atoms with van der Waals surface area (Å²) >= 11 is 0. The number of aryl methyl sites for hydroxylation is 1. The van der Waals surface area contributed by atoms with Crippen LogP contribution < -0.4 is 10.7 Å². The molecule has 0 fully saturated rings. The molecular formula is C12H16N2O5. The Morgan fingerprint density at radius 3 is 2.68 bits per heavy atom.